The molecule has 0 spiro atoms. The summed E-state index contributed by atoms with van der Waals surface area (Å²) in [5.74, 6) is -0.145. The van der Waals surface area contributed by atoms with Crippen LogP contribution in [0.2, 0.25) is 0 Å². The van der Waals surface area contributed by atoms with Crippen LogP contribution in [-0.4, -0.2) is 12.6 Å². The maximum Gasteiger partial charge on any atom is 0.352 e. The zero-order chi connectivity index (χ0) is 18.4. The van der Waals surface area contributed by atoms with Crippen LogP contribution in [-0.2, 0) is 9.53 Å². The molecule has 0 aliphatic carbocycles. The Morgan fingerprint density at radius 3 is 2.04 bits per heavy atom. The predicted octanol–water partition coefficient (Wildman–Crippen LogP) is 5.18. The Bertz CT molecular complexity index is 843. The van der Waals surface area contributed by atoms with Gasteiger partial charge in [-0.2, -0.15) is 0 Å². The number of benzene rings is 3. The lowest BCUT2D eigenvalue weighted by molar-refractivity contribution is -0.151. The maximum absolute atomic E-state index is 13.0. The van der Waals surface area contributed by atoms with Crippen LogP contribution in [0.15, 0.2) is 78.9 Å². The van der Waals surface area contributed by atoms with Gasteiger partial charge in [-0.1, -0.05) is 54.6 Å². The lowest BCUT2D eigenvalue weighted by Crippen LogP contribution is -2.21. The Labute approximate surface area is 152 Å². The number of hydrogen-bond donors (Lipinski definition) is 0. The summed E-state index contributed by atoms with van der Waals surface area (Å²) in [7, 11) is 0. The van der Waals surface area contributed by atoms with Crippen LogP contribution in [0.3, 0.4) is 0 Å². The quantitative estimate of drug-likeness (QED) is 0.575. The van der Waals surface area contributed by atoms with Gasteiger partial charge in [-0.3, -0.25) is 0 Å². The van der Waals surface area contributed by atoms with Crippen LogP contribution in [0.1, 0.15) is 18.6 Å². The summed E-state index contributed by atoms with van der Waals surface area (Å²) in [4.78, 5) is 12.3. The highest BCUT2D eigenvalue weighted by atomic mass is 19.1. The Kier molecular flexibility index (Phi) is 5.64. The number of carbonyl (C=O) groups excluding carboxylic acids is 1. The van der Waals surface area contributed by atoms with E-state index in [4.69, 9.17) is 9.47 Å². The van der Waals surface area contributed by atoms with E-state index in [1.54, 1.807) is 31.2 Å². The highest BCUT2D eigenvalue weighted by Crippen LogP contribution is 2.27. The van der Waals surface area contributed by atoms with Crippen molar-refractivity contribution in [3.05, 3.63) is 90.2 Å². The Morgan fingerprint density at radius 2 is 1.46 bits per heavy atom. The van der Waals surface area contributed by atoms with E-state index in [1.807, 2.05) is 42.5 Å². The second-order valence-electron chi connectivity index (χ2n) is 5.69. The Balaban J connectivity index is 1.80. The molecule has 0 saturated carbocycles. The summed E-state index contributed by atoms with van der Waals surface area (Å²) in [6.45, 7) is 2.05. The molecule has 3 nitrogen and oxygen atoms in total. The van der Waals surface area contributed by atoms with Crippen molar-refractivity contribution in [3.8, 4) is 16.9 Å². The molecule has 0 fully saturated rings. The minimum Gasteiger partial charge on any atom is -0.474 e. The summed E-state index contributed by atoms with van der Waals surface area (Å²) in [6.07, 6.45) is -0.826. The largest absolute Gasteiger partial charge is 0.474 e. The lowest BCUT2D eigenvalue weighted by atomic mass is 10.1. The van der Waals surface area contributed by atoms with Gasteiger partial charge in [0.05, 0.1) is 6.61 Å². The molecule has 4 heteroatoms. The standard InChI is InChI=1S/C22H19FO3/c1-2-25-22(24)21(18-6-4-3-5-7-18)26-20-14-10-17(11-15-20)16-8-12-19(23)13-9-16/h3-15,21H,2H2,1H3. The van der Waals surface area contributed by atoms with Gasteiger partial charge in [-0.15, -0.1) is 0 Å². The van der Waals surface area contributed by atoms with Crippen molar-refractivity contribution in [3.63, 3.8) is 0 Å². The normalized spacial score (nSPS) is 11.6. The topological polar surface area (TPSA) is 35.5 Å². The molecule has 0 amide bonds. The first-order valence-corrected chi connectivity index (χ1v) is 8.41. The number of esters is 1. The summed E-state index contributed by atoms with van der Waals surface area (Å²) >= 11 is 0. The number of hydrogen-bond acceptors (Lipinski definition) is 3. The van der Waals surface area contributed by atoms with Crippen LogP contribution in [0, 0.1) is 5.82 Å². The molecular weight excluding hydrogens is 331 g/mol. The minimum atomic E-state index is -0.826. The molecule has 26 heavy (non-hydrogen) atoms. The molecule has 3 aromatic rings. The Hall–Kier alpha value is -3.14. The number of rotatable bonds is 6. The smallest absolute Gasteiger partial charge is 0.352 e. The SMILES string of the molecule is CCOC(=O)C(Oc1ccc(-c2ccc(F)cc2)cc1)c1ccccc1. The molecule has 0 bridgehead atoms. The van der Waals surface area contributed by atoms with Crippen molar-refractivity contribution in [2.75, 3.05) is 6.61 Å². The molecule has 0 aliphatic rings. The molecule has 0 saturated heterocycles. The third kappa shape index (κ3) is 4.28. The van der Waals surface area contributed by atoms with E-state index in [-0.39, 0.29) is 12.4 Å². The average molecular weight is 350 g/mol. The third-order valence-electron chi connectivity index (χ3n) is 3.89. The highest BCUT2D eigenvalue weighted by Gasteiger charge is 2.23. The van der Waals surface area contributed by atoms with Gasteiger partial charge in [0.25, 0.3) is 0 Å². The molecule has 0 aliphatic heterocycles. The molecular formula is C22H19FO3. The minimum absolute atomic E-state index is 0.270. The van der Waals surface area contributed by atoms with E-state index in [9.17, 15) is 9.18 Å². The molecule has 0 aromatic heterocycles. The van der Waals surface area contributed by atoms with E-state index < -0.39 is 12.1 Å². The summed E-state index contributed by atoms with van der Waals surface area (Å²) in [5, 5.41) is 0. The molecule has 0 heterocycles. The van der Waals surface area contributed by atoms with Crippen molar-refractivity contribution < 1.29 is 18.7 Å². The van der Waals surface area contributed by atoms with E-state index in [0.717, 1.165) is 16.7 Å². The Morgan fingerprint density at radius 1 is 0.885 bits per heavy atom. The monoisotopic (exact) mass is 350 g/mol. The number of carbonyl (C=O) groups is 1. The van der Waals surface area contributed by atoms with E-state index in [1.165, 1.54) is 12.1 Å². The van der Waals surface area contributed by atoms with Crippen molar-refractivity contribution in [1.29, 1.82) is 0 Å². The first-order valence-electron chi connectivity index (χ1n) is 8.41. The highest BCUT2D eigenvalue weighted by molar-refractivity contribution is 5.77. The number of ether oxygens (including phenoxy) is 2. The molecule has 3 rings (SSSR count). The molecule has 1 unspecified atom stereocenters. The van der Waals surface area contributed by atoms with Crippen LogP contribution >= 0.6 is 0 Å². The van der Waals surface area contributed by atoms with Gasteiger partial charge in [0, 0.05) is 5.56 Å². The van der Waals surface area contributed by atoms with E-state index in [0.29, 0.717) is 5.75 Å². The van der Waals surface area contributed by atoms with Crippen molar-refractivity contribution in [1.82, 2.24) is 0 Å². The molecule has 3 aromatic carbocycles. The van der Waals surface area contributed by atoms with Crippen LogP contribution in [0.4, 0.5) is 4.39 Å². The molecule has 0 N–H and O–H groups in total. The lowest BCUT2D eigenvalue weighted by Gasteiger charge is -2.18. The van der Waals surface area contributed by atoms with Crippen molar-refractivity contribution >= 4 is 5.97 Å². The summed E-state index contributed by atoms with van der Waals surface area (Å²) in [6, 6.07) is 22.8. The third-order valence-corrected chi connectivity index (χ3v) is 3.89. The van der Waals surface area contributed by atoms with Crippen LogP contribution in [0.25, 0.3) is 11.1 Å². The van der Waals surface area contributed by atoms with Gasteiger partial charge in [0.1, 0.15) is 11.6 Å². The zero-order valence-corrected chi connectivity index (χ0v) is 14.4. The summed E-state index contributed by atoms with van der Waals surface area (Å²) < 4.78 is 24.1. The fourth-order valence-electron chi connectivity index (χ4n) is 2.60. The first-order chi connectivity index (χ1) is 12.7. The van der Waals surface area contributed by atoms with E-state index >= 15 is 0 Å². The van der Waals surface area contributed by atoms with Crippen molar-refractivity contribution in [2.45, 2.75) is 13.0 Å². The van der Waals surface area contributed by atoms with Crippen LogP contribution < -0.4 is 4.74 Å². The van der Waals surface area contributed by atoms with Gasteiger partial charge >= 0.3 is 5.97 Å². The van der Waals surface area contributed by atoms with Gasteiger partial charge in [0.15, 0.2) is 0 Å². The molecule has 132 valence electrons. The van der Waals surface area contributed by atoms with Crippen molar-refractivity contribution in [2.24, 2.45) is 0 Å². The number of halogens is 1. The predicted molar refractivity (Wildman–Crippen MR) is 98.3 cm³/mol. The van der Waals surface area contributed by atoms with E-state index in [2.05, 4.69) is 0 Å². The second kappa shape index (κ2) is 8.30. The van der Waals surface area contributed by atoms with Gasteiger partial charge in [-0.05, 0) is 42.3 Å². The zero-order valence-electron chi connectivity index (χ0n) is 14.4. The fourth-order valence-corrected chi connectivity index (χ4v) is 2.60. The van der Waals surface area contributed by atoms with Crippen LogP contribution in [0.5, 0.6) is 5.75 Å². The second-order valence-corrected chi connectivity index (χ2v) is 5.69. The average Bonchev–Trinajstić information content (AvgIpc) is 2.68. The fraction of sp³-hybridized carbons (Fsp3) is 0.136. The first kappa shape index (κ1) is 17.7. The molecule has 1 atom stereocenters. The van der Waals surface area contributed by atoms with Gasteiger partial charge in [0.2, 0.25) is 6.10 Å². The van der Waals surface area contributed by atoms with Gasteiger partial charge < -0.3 is 9.47 Å². The maximum atomic E-state index is 13.0. The van der Waals surface area contributed by atoms with Gasteiger partial charge in [-0.25, -0.2) is 9.18 Å². The molecule has 0 radical (unpaired) electrons. The summed E-state index contributed by atoms with van der Waals surface area (Å²) in [5.41, 5.74) is 2.57.